The highest BCUT2D eigenvalue weighted by Crippen LogP contribution is 2.51. The van der Waals surface area contributed by atoms with E-state index in [0.29, 0.717) is 0 Å². The molecule has 2 atom stereocenters. The number of benzene rings is 1. The van der Waals surface area contributed by atoms with Crippen molar-refractivity contribution >= 4 is 5.97 Å². The van der Waals surface area contributed by atoms with Crippen molar-refractivity contribution in [3.63, 3.8) is 0 Å². The molecular formula is C18H25NO2. The van der Waals surface area contributed by atoms with Crippen LogP contribution in [0.15, 0.2) is 30.3 Å². The molecule has 0 amide bonds. The molecule has 0 radical (unpaired) electrons. The van der Waals surface area contributed by atoms with Crippen molar-refractivity contribution in [1.29, 1.82) is 0 Å². The zero-order valence-electron chi connectivity index (χ0n) is 12.6. The molecule has 3 nitrogen and oxygen atoms in total. The summed E-state index contributed by atoms with van der Waals surface area (Å²) in [5.41, 5.74) is 1.52. The third-order valence-corrected chi connectivity index (χ3v) is 5.14. The molecule has 1 aliphatic carbocycles. The van der Waals surface area contributed by atoms with E-state index in [4.69, 9.17) is 5.11 Å². The summed E-state index contributed by atoms with van der Waals surface area (Å²) in [6.45, 7) is 2.89. The Morgan fingerprint density at radius 2 is 1.90 bits per heavy atom. The van der Waals surface area contributed by atoms with E-state index in [9.17, 15) is 4.79 Å². The minimum Gasteiger partial charge on any atom is -0.481 e. The summed E-state index contributed by atoms with van der Waals surface area (Å²) in [6.07, 6.45) is 5.51. The van der Waals surface area contributed by atoms with E-state index < -0.39 is 5.97 Å². The topological polar surface area (TPSA) is 40.5 Å². The first-order chi connectivity index (χ1) is 10.2. The standard InChI is InChI=1S/C18H25NO2/c20-18(21)8-11-19-9-6-14(7-10-19)12-16-13-17(16)15-4-2-1-3-5-15/h1-5,14,16-17H,6-13H2,(H,20,21)/t16-,17+/m1/s1. The van der Waals surface area contributed by atoms with Gasteiger partial charge in [0, 0.05) is 6.54 Å². The van der Waals surface area contributed by atoms with E-state index in [-0.39, 0.29) is 6.42 Å². The normalized spacial score (nSPS) is 26.7. The molecule has 2 fully saturated rings. The van der Waals surface area contributed by atoms with Gasteiger partial charge >= 0.3 is 5.97 Å². The van der Waals surface area contributed by atoms with Crippen LogP contribution in [0, 0.1) is 11.8 Å². The smallest absolute Gasteiger partial charge is 0.304 e. The first-order valence-electron chi connectivity index (χ1n) is 8.21. The highest BCUT2D eigenvalue weighted by molar-refractivity contribution is 5.66. The maximum Gasteiger partial charge on any atom is 0.304 e. The van der Waals surface area contributed by atoms with Crippen LogP contribution in [0.25, 0.3) is 0 Å². The molecule has 3 rings (SSSR count). The molecule has 1 N–H and O–H groups in total. The van der Waals surface area contributed by atoms with Crippen molar-refractivity contribution in [2.45, 2.75) is 38.0 Å². The SMILES string of the molecule is O=C(O)CCN1CCC(C[C@@H]2C[C@H]2c2ccccc2)CC1. The van der Waals surface area contributed by atoms with Gasteiger partial charge in [0.25, 0.3) is 0 Å². The predicted octanol–water partition coefficient (Wildman–Crippen LogP) is 3.37. The summed E-state index contributed by atoms with van der Waals surface area (Å²) in [5, 5.41) is 8.73. The molecule has 2 aliphatic rings. The zero-order chi connectivity index (χ0) is 14.7. The number of hydrogen-bond donors (Lipinski definition) is 1. The van der Waals surface area contributed by atoms with Crippen molar-refractivity contribution < 1.29 is 9.90 Å². The second kappa shape index (κ2) is 6.61. The van der Waals surface area contributed by atoms with E-state index in [1.165, 1.54) is 31.2 Å². The summed E-state index contributed by atoms with van der Waals surface area (Å²) in [5.74, 6) is 1.87. The lowest BCUT2D eigenvalue weighted by atomic mass is 9.90. The second-order valence-electron chi connectivity index (χ2n) is 6.68. The van der Waals surface area contributed by atoms with Gasteiger partial charge in [0.1, 0.15) is 0 Å². The number of aliphatic carboxylic acids is 1. The average molecular weight is 287 g/mol. The lowest BCUT2D eigenvalue weighted by Crippen LogP contribution is -2.35. The molecule has 3 heteroatoms. The number of carboxylic acids is 1. The van der Waals surface area contributed by atoms with Gasteiger partial charge in [0.2, 0.25) is 0 Å². The predicted molar refractivity (Wildman–Crippen MR) is 83.3 cm³/mol. The Balaban J connectivity index is 1.38. The molecule has 1 aromatic carbocycles. The lowest BCUT2D eigenvalue weighted by Gasteiger charge is -2.31. The van der Waals surface area contributed by atoms with Crippen LogP contribution in [0.1, 0.15) is 43.6 Å². The quantitative estimate of drug-likeness (QED) is 0.872. The third kappa shape index (κ3) is 4.07. The fourth-order valence-electron chi connectivity index (χ4n) is 3.74. The van der Waals surface area contributed by atoms with Crippen LogP contribution in [-0.4, -0.2) is 35.6 Å². The van der Waals surface area contributed by atoms with Crippen molar-refractivity contribution in [2.75, 3.05) is 19.6 Å². The summed E-state index contributed by atoms with van der Waals surface area (Å²) < 4.78 is 0. The van der Waals surface area contributed by atoms with Gasteiger partial charge in [-0.2, -0.15) is 0 Å². The van der Waals surface area contributed by atoms with Gasteiger partial charge in [-0.3, -0.25) is 4.79 Å². The number of nitrogens with zero attached hydrogens (tertiary/aromatic N) is 1. The summed E-state index contributed by atoms with van der Waals surface area (Å²) in [4.78, 5) is 12.9. The van der Waals surface area contributed by atoms with Gasteiger partial charge in [-0.1, -0.05) is 30.3 Å². The number of rotatable bonds is 6. The molecule has 1 aromatic rings. The van der Waals surface area contributed by atoms with Crippen LogP contribution in [0.5, 0.6) is 0 Å². The molecule has 1 saturated carbocycles. The Labute approximate surface area is 127 Å². The first-order valence-corrected chi connectivity index (χ1v) is 8.21. The molecule has 1 saturated heterocycles. The van der Waals surface area contributed by atoms with E-state index in [1.54, 1.807) is 0 Å². The van der Waals surface area contributed by atoms with Crippen LogP contribution in [-0.2, 0) is 4.79 Å². The van der Waals surface area contributed by atoms with Gasteiger partial charge in [-0.05, 0) is 62.1 Å². The van der Waals surface area contributed by atoms with Gasteiger partial charge in [0.15, 0.2) is 0 Å². The number of carboxylic acid groups (broad SMARTS) is 1. The third-order valence-electron chi connectivity index (χ3n) is 5.14. The van der Waals surface area contributed by atoms with Crippen LogP contribution >= 0.6 is 0 Å². The number of carbonyl (C=O) groups is 1. The monoisotopic (exact) mass is 287 g/mol. The van der Waals surface area contributed by atoms with Gasteiger partial charge in [0.05, 0.1) is 6.42 Å². The van der Waals surface area contributed by atoms with Crippen molar-refractivity contribution in [3.05, 3.63) is 35.9 Å². The van der Waals surface area contributed by atoms with Crippen molar-refractivity contribution in [1.82, 2.24) is 4.90 Å². The van der Waals surface area contributed by atoms with Gasteiger partial charge < -0.3 is 10.0 Å². The minimum absolute atomic E-state index is 0.281. The molecule has 21 heavy (non-hydrogen) atoms. The van der Waals surface area contributed by atoms with E-state index in [2.05, 4.69) is 35.2 Å². The molecule has 0 aromatic heterocycles. The number of hydrogen-bond acceptors (Lipinski definition) is 2. The highest BCUT2D eigenvalue weighted by Gasteiger charge is 2.39. The fourth-order valence-corrected chi connectivity index (χ4v) is 3.74. The minimum atomic E-state index is -0.680. The molecule has 0 unspecified atom stereocenters. The van der Waals surface area contributed by atoms with Crippen LogP contribution < -0.4 is 0 Å². The van der Waals surface area contributed by atoms with Crippen LogP contribution in [0.2, 0.25) is 0 Å². The zero-order valence-corrected chi connectivity index (χ0v) is 12.6. The summed E-state index contributed by atoms with van der Waals surface area (Å²) in [7, 11) is 0. The fraction of sp³-hybridized carbons (Fsp3) is 0.611. The lowest BCUT2D eigenvalue weighted by molar-refractivity contribution is -0.137. The second-order valence-corrected chi connectivity index (χ2v) is 6.68. The molecule has 0 bridgehead atoms. The first kappa shape index (κ1) is 14.6. The van der Waals surface area contributed by atoms with Crippen molar-refractivity contribution in [3.8, 4) is 0 Å². The Morgan fingerprint density at radius 3 is 2.57 bits per heavy atom. The van der Waals surface area contributed by atoms with Crippen LogP contribution in [0.3, 0.4) is 0 Å². The van der Waals surface area contributed by atoms with Gasteiger partial charge in [-0.25, -0.2) is 0 Å². The van der Waals surface area contributed by atoms with E-state index in [0.717, 1.165) is 37.4 Å². The van der Waals surface area contributed by atoms with E-state index in [1.807, 2.05) is 0 Å². The van der Waals surface area contributed by atoms with Crippen LogP contribution in [0.4, 0.5) is 0 Å². The van der Waals surface area contributed by atoms with E-state index >= 15 is 0 Å². The Hall–Kier alpha value is -1.35. The molecule has 1 heterocycles. The molecular weight excluding hydrogens is 262 g/mol. The van der Waals surface area contributed by atoms with Gasteiger partial charge in [-0.15, -0.1) is 0 Å². The largest absolute Gasteiger partial charge is 0.481 e. The molecule has 114 valence electrons. The Morgan fingerprint density at radius 1 is 1.19 bits per heavy atom. The number of likely N-dealkylation sites (tertiary alicyclic amines) is 1. The highest BCUT2D eigenvalue weighted by atomic mass is 16.4. The maximum absolute atomic E-state index is 10.6. The molecule has 1 aliphatic heterocycles. The molecule has 0 spiro atoms. The van der Waals surface area contributed by atoms with Crippen molar-refractivity contribution in [2.24, 2.45) is 11.8 Å². The summed E-state index contributed by atoms with van der Waals surface area (Å²) in [6, 6.07) is 10.9. The average Bonchev–Trinajstić information content (AvgIpc) is 3.27. The Bertz CT molecular complexity index is 465. The summed E-state index contributed by atoms with van der Waals surface area (Å²) >= 11 is 0. The number of piperidine rings is 1. The maximum atomic E-state index is 10.6. The Kier molecular flexibility index (Phi) is 4.59.